The molecule has 0 aliphatic rings. The third kappa shape index (κ3) is 4.63. The van der Waals surface area contributed by atoms with E-state index < -0.39 is 0 Å². The molecule has 6 nitrogen and oxygen atoms in total. The molecule has 0 aliphatic heterocycles. The van der Waals surface area contributed by atoms with E-state index in [1.54, 1.807) is 48.3 Å². The largest absolute Gasteiger partial charge is 0.497 e. The number of carbonyl (C=O) groups excluding carboxylic acids is 1. The molecule has 0 saturated carbocycles. The number of amides is 1. The Hall–Kier alpha value is -3.28. The van der Waals surface area contributed by atoms with E-state index >= 15 is 0 Å². The zero-order valence-corrected chi connectivity index (χ0v) is 14.8. The number of methoxy groups -OCH3 is 1. The van der Waals surface area contributed by atoms with Crippen LogP contribution in [0.25, 0.3) is 0 Å². The second-order valence-corrected chi connectivity index (χ2v) is 5.87. The number of carbonyl (C=O) groups is 1. The number of anilines is 1. The second-order valence-electron chi connectivity index (χ2n) is 5.87. The molecule has 0 aliphatic carbocycles. The Morgan fingerprint density at radius 2 is 1.73 bits per heavy atom. The summed E-state index contributed by atoms with van der Waals surface area (Å²) in [5.41, 5.74) is 2.32. The van der Waals surface area contributed by atoms with Crippen molar-refractivity contribution in [1.29, 1.82) is 0 Å². The van der Waals surface area contributed by atoms with E-state index in [1.165, 1.54) is 5.56 Å². The van der Waals surface area contributed by atoms with Crippen LogP contribution in [0, 0.1) is 6.92 Å². The van der Waals surface area contributed by atoms with Gasteiger partial charge in [0, 0.05) is 6.07 Å². The number of ether oxygens (including phenoxy) is 2. The van der Waals surface area contributed by atoms with Crippen molar-refractivity contribution in [3.63, 3.8) is 0 Å². The molecule has 26 heavy (non-hydrogen) atoms. The Kier molecular flexibility index (Phi) is 5.53. The number of hydrogen-bond acceptors (Lipinski definition) is 4. The number of benzene rings is 2. The van der Waals surface area contributed by atoms with Gasteiger partial charge in [-0.15, -0.1) is 0 Å². The number of nitrogens with one attached hydrogen (secondary N) is 1. The first-order valence-electron chi connectivity index (χ1n) is 8.28. The Bertz CT molecular complexity index is 855. The lowest BCUT2D eigenvalue weighted by atomic mass is 10.1. The molecule has 1 amide bonds. The normalized spacial score (nSPS) is 10.4. The number of nitrogens with zero attached hydrogens (tertiary/aromatic N) is 2. The second kappa shape index (κ2) is 8.20. The molecule has 0 fully saturated rings. The zero-order valence-electron chi connectivity index (χ0n) is 14.8. The van der Waals surface area contributed by atoms with Gasteiger partial charge in [-0.05, 0) is 36.8 Å². The summed E-state index contributed by atoms with van der Waals surface area (Å²) in [7, 11) is 1.60. The van der Waals surface area contributed by atoms with Crippen LogP contribution in [0.15, 0.2) is 60.8 Å². The number of rotatable bonds is 7. The number of aryl methyl sites for hydroxylation is 1. The molecule has 0 spiro atoms. The third-order valence-electron chi connectivity index (χ3n) is 3.87. The van der Waals surface area contributed by atoms with Gasteiger partial charge in [-0.3, -0.25) is 4.79 Å². The highest BCUT2D eigenvalue weighted by Crippen LogP contribution is 2.17. The van der Waals surface area contributed by atoms with E-state index in [-0.39, 0.29) is 12.5 Å². The van der Waals surface area contributed by atoms with Crippen LogP contribution in [0.5, 0.6) is 11.5 Å². The highest BCUT2D eigenvalue weighted by Gasteiger charge is 2.09. The molecule has 3 aromatic rings. The lowest BCUT2D eigenvalue weighted by Crippen LogP contribution is -2.22. The summed E-state index contributed by atoms with van der Waals surface area (Å²) in [6.45, 7) is 2.55. The van der Waals surface area contributed by atoms with Crippen LogP contribution in [-0.4, -0.2) is 29.4 Å². The standard InChI is InChI=1S/C20H21N3O3/c1-15-3-5-16(6-4-15)13-23-19(11-12-21-23)22-20(24)14-26-18-9-7-17(25-2)8-10-18/h3-12H,13-14H2,1-2H3,(H,22,24). The molecule has 6 heteroatoms. The quantitative estimate of drug-likeness (QED) is 0.709. The predicted octanol–water partition coefficient (Wildman–Crippen LogP) is 3.27. The summed E-state index contributed by atoms with van der Waals surface area (Å²) in [5.74, 6) is 1.73. The molecule has 134 valence electrons. The monoisotopic (exact) mass is 351 g/mol. The van der Waals surface area contributed by atoms with Crippen molar-refractivity contribution in [2.75, 3.05) is 19.0 Å². The maximum atomic E-state index is 12.2. The average molecular weight is 351 g/mol. The van der Waals surface area contributed by atoms with E-state index in [2.05, 4.69) is 34.7 Å². The van der Waals surface area contributed by atoms with Gasteiger partial charge < -0.3 is 14.8 Å². The lowest BCUT2D eigenvalue weighted by Gasteiger charge is -2.10. The van der Waals surface area contributed by atoms with Crippen molar-refractivity contribution in [2.24, 2.45) is 0 Å². The molecule has 0 radical (unpaired) electrons. The van der Waals surface area contributed by atoms with Gasteiger partial charge in [0.25, 0.3) is 5.91 Å². The minimum atomic E-state index is -0.244. The summed E-state index contributed by atoms with van der Waals surface area (Å²) in [5, 5.41) is 7.10. The van der Waals surface area contributed by atoms with Crippen molar-refractivity contribution in [3.8, 4) is 11.5 Å². The van der Waals surface area contributed by atoms with Crippen LogP contribution in [0.3, 0.4) is 0 Å². The first-order chi connectivity index (χ1) is 12.6. The molecule has 0 atom stereocenters. The van der Waals surface area contributed by atoms with Gasteiger partial charge in [-0.1, -0.05) is 29.8 Å². The third-order valence-corrected chi connectivity index (χ3v) is 3.87. The first-order valence-corrected chi connectivity index (χ1v) is 8.28. The summed E-state index contributed by atoms with van der Waals surface area (Å²) in [6, 6.07) is 17.1. The highest BCUT2D eigenvalue weighted by molar-refractivity contribution is 5.91. The molecular weight excluding hydrogens is 330 g/mol. The SMILES string of the molecule is COc1ccc(OCC(=O)Nc2ccnn2Cc2ccc(C)cc2)cc1. The maximum absolute atomic E-state index is 12.2. The predicted molar refractivity (Wildman–Crippen MR) is 99.6 cm³/mol. The fourth-order valence-electron chi connectivity index (χ4n) is 2.43. The van der Waals surface area contributed by atoms with Crippen LogP contribution in [0.2, 0.25) is 0 Å². The van der Waals surface area contributed by atoms with Gasteiger partial charge >= 0.3 is 0 Å². The molecule has 1 N–H and O–H groups in total. The smallest absolute Gasteiger partial charge is 0.263 e. The Morgan fingerprint density at radius 1 is 1.04 bits per heavy atom. The van der Waals surface area contributed by atoms with Crippen molar-refractivity contribution in [3.05, 3.63) is 71.9 Å². The van der Waals surface area contributed by atoms with Gasteiger partial charge in [-0.2, -0.15) is 5.10 Å². The van der Waals surface area contributed by atoms with E-state index in [4.69, 9.17) is 9.47 Å². The minimum absolute atomic E-state index is 0.0813. The summed E-state index contributed by atoms with van der Waals surface area (Å²) < 4.78 is 12.3. The Balaban J connectivity index is 1.56. The van der Waals surface area contributed by atoms with Crippen molar-refractivity contribution in [1.82, 2.24) is 9.78 Å². The fourth-order valence-corrected chi connectivity index (χ4v) is 2.43. The molecular formula is C20H21N3O3. The van der Waals surface area contributed by atoms with E-state index in [0.717, 1.165) is 11.3 Å². The zero-order chi connectivity index (χ0) is 18.4. The summed E-state index contributed by atoms with van der Waals surface area (Å²) in [4.78, 5) is 12.2. The minimum Gasteiger partial charge on any atom is -0.497 e. The maximum Gasteiger partial charge on any atom is 0.263 e. The van der Waals surface area contributed by atoms with E-state index in [1.807, 2.05) is 6.92 Å². The van der Waals surface area contributed by atoms with Gasteiger partial charge in [0.2, 0.25) is 0 Å². The van der Waals surface area contributed by atoms with Crippen LogP contribution in [0.4, 0.5) is 5.82 Å². The van der Waals surface area contributed by atoms with E-state index in [9.17, 15) is 4.79 Å². The molecule has 3 rings (SSSR count). The topological polar surface area (TPSA) is 65.4 Å². The van der Waals surface area contributed by atoms with Gasteiger partial charge in [-0.25, -0.2) is 4.68 Å². The van der Waals surface area contributed by atoms with Crippen LogP contribution in [-0.2, 0) is 11.3 Å². The molecule has 0 bridgehead atoms. The van der Waals surface area contributed by atoms with Gasteiger partial charge in [0.1, 0.15) is 17.3 Å². The van der Waals surface area contributed by atoms with Crippen molar-refractivity contribution in [2.45, 2.75) is 13.5 Å². The van der Waals surface area contributed by atoms with Crippen LogP contribution in [0.1, 0.15) is 11.1 Å². The van der Waals surface area contributed by atoms with Crippen LogP contribution >= 0.6 is 0 Å². The van der Waals surface area contributed by atoms with Crippen molar-refractivity contribution < 1.29 is 14.3 Å². The van der Waals surface area contributed by atoms with E-state index in [0.29, 0.717) is 18.1 Å². The lowest BCUT2D eigenvalue weighted by molar-refractivity contribution is -0.118. The molecule has 1 aromatic heterocycles. The molecule has 1 heterocycles. The first kappa shape index (κ1) is 17.5. The molecule has 2 aromatic carbocycles. The average Bonchev–Trinajstić information content (AvgIpc) is 3.09. The van der Waals surface area contributed by atoms with Crippen molar-refractivity contribution >= 4 is 11.7 Å². The number of aromatic nitrogens is 2. The Labute approximate surface area is 152 Å². The Morgan fingerprint density at radius 3 is 2.42 bits per heavy atom. The molecule has 0 saturated heterocycles. The fraction of sp³-hybridized carbons (Fsp3) is 0.200. The summed E-state index contributed by atoms with van der Waals surface area (Å²) >= 11 is 0. The highest BCUT2D eigenvalue weighted by atomic mass is 16.5. The van der Waals surface area contributed by atoms with Gasteiger partial charge in [0.15, 0.2) is 6.61 Å². The van der Waals surface area contributed by atoms with Gasteiger partial charge in [0.05, 0.1) is 19.9 Å². The molecule has 0 unspecified atom stereocenters. The van der Waals surface area contributed by atoms with Crippen LogP contribution < -0.4 is 14.8 Å². The summed E-state index contributed by atoms with van der Waals surface area (Å²) in [6.07, 6.45) is 1.66. The number of hydrogen-bond donors (Lipinski definition) is 1.